The Balaban J connectivity index is 2.21. The van der Waals surface area contributed by atoms with Crippen molar-refractivity contribution >= 4 is 33.5 Å². The van der Waals surface area contributed by atoms with Crippen molar-refractivity contribution in [3.05, 3.63) is 44.6 Å². The normalized spacial score (nSPS) is 14.1. The molecular formula is C13H10BrClN2O3. The Kier molecular flexibility index (Phi) is 3.54. The Bertz CT molecular complexity index is 699. The van der Waals surface area contributed by atoms with Crippen LogP contribution in [0.15, 0.2) is 22.7 Å². The molecule has 104 valence electrons. The van der Waals surface area contributed by atoms with Gasteiger partial charge in [0.15, 0.2) is 5.69 Å². The highest BCUT2D eigenvalue weighted by atomic mass is 79.9. The molecule has 0 spiro atoms. The summed E-state index contributed by atoms with van der Waals surface area (Å²) in [6, 6.07) is 5.40. The van der Waals surface area contributed by atoms with Gasteiger partial charge in [0, 0.05) is 16.5 Å². The molecule has 0 saturated carbocycles. The van der Waals surface area contributed by atoms with Crippen molar-refractivity contribution in [2.24, 2.45) is 0 Å². The molecule has 1 aromatic heterocycles. The van der Waals surface area contributed by atoms with Crippen LogP contribution >= 0.6 is 27.5 Å². The van der Waals surface area contributed by atoms with Crippen LogP contribution < -0.4 is 0 Å². The number of benzene rings is 1. The van der Waals surface area contributed by atoms with E-state index in [1.165, 1.54) is 0 Å². The second-order valence-corrected chi connectivity index (χ2v) is 5.71. The third-order valence-corrected chi connectivity index (χ3v) is 3.96. The minimum atomic E-state index is -1.06. The molecule has 3 rings (SSSR count). The Labute approximate surface area is 128 Å². The first kappa shape index (κ1) is 13.6. The molecule has 0 atom stereocenters. The van der Waals surface area contributed by atoms with Crippen LogP contribution in [0.4, 0.5) is 0 Å². The summed E-state index contributed by atoms with van der Waals surface area (Å²) in [6.07, 6.45) is 0.613. The monoisotopic (exact) mass is 356 g/mol. The van der Waals surface area contributed by atoms with Crippen LogP contribution in [0.5, 0.6) is 0 Å². The Hall–Kier alpha value is -1.37. The molecule has 2 aromatic rings. The van der Waals surface area contributed by atoms with Gasteiger partial charge in [-0.25, -0.2) is 9.48 Å². The van der Waals surface area contributed by atoms with Crippen molar-refractivity contribution in [2.75, 3.05) is 6.61 Å². The molecule has 1 aliphatic rings. The van der Waals surface area contributed by atoms with Crippen LogP contribution in [0.1, 0.15) is 21.7 Å². The summed E-state index contributed by atoms with van der Waals surface area (Å²) in [5, 5.41) is 13.9. The molecule has 20 heavy (non-hydrogen) atoms. The standard InChI is InChI=1S/C13H10BrClN2O3/c14-7-1-2-11(9(15)5-7)17-10-3-4-20-6-8(10)12(16-17)13(18)19/h1-2,5H,3-4,6H2,(H,18,19). The molecule has 1 aliphatic heterocycles. The van der Waals surface area contributed by atoms with Gasteiger partial charge in [0.05, 0.1) is 29.6 Å². The molecule has 0 bridgehead atoms. The molecule has 7 heteroatoms. The summed E-state index contributed by atoms with van der Waals surface area (Å²) in [5.74, 6) is -1.06. The lowest BCUT2D eigenvalue weighted by atomic mass is 10.1. The lowest BCUT2D eigenvalue weighted by molar-refractivity contribution is 0.0677. The number of carboxylic acid groups (broad SMARTS) is 1. The first-order chi connectivity index (χ1) is 9.58. The van der Waals surface area contributed by atoms with E-state index in [0.717, 1.165) is 10.2 Å². The van der Waals surface area contributed by atoms with Gasteiger partial charge in [0.1, 0.15) is 0 Å². The maximum Gasteiger partial charge on any atom is 0.356 e. The van der Waals surface area contributed by atoms with Gasteiger partial charge in [-0.05, 0) is 18.2 Å². The van der Waals surface area contributed by atoms with Crippen LogP contribution in [0.2, 0.25) is 5.02 Å². The van der Waals surface area contributed by atoms with E-state index in [2.05, 4.69) is 21.0 Å². The number of ether oxygens (including phenoxy) is 1. The molecule has 0 fully saturated rings. The number of aromatic nitrogens is 2. The topological polar surface area (TPSA) is 64.3 Å². The maximum absolute atomic E-state index is 11.3. The van der Waals surface area contributed by atoms with E-state index >= 15 is 0 Å². The quantitative estimate of drug-likeness (QED) is 0.897. The molecular weight excluding hydrogens is 348 g/mol. The summed E-state index contributed by atoms with van der Waals surface area (Å²) in [6.45, 7) is 0.816. The van der Waals surface area contributed by atoms with Gasteiger partial charge in [0.25, 0.3) is 0 Å². The van der Waals surface area contributed by atoms with Crippen LogP contribution in [-0.2, 0) is 17.8 Å². The van der Waals surface area contributed by atoms with Crippen molar-refractivity contribution < 1.29 is 14.6 Å². The van der Waals surface area contributed by atoms with Crippen LogP contribution in [0, 0.1) is 0 Å². The Morgan fingerprint density at radius 2 is 2.30 bits per heavy atom. The van der Waals surface area contributed by atoms with Crippen LogP contribution in [0.3, 0.4) is 0 Å². The van der Waals surface area contributed by atoms with Gasteiger partial charge in [0.2, 0.25) is 0 Å². The number of hydrogen-bond donors (Lipinski definition) is 1. The number of fused-ring (bicyclic) bond motifs is 1. The second kappa shape index (κ2) is 5.20. The zero-order valence-electron chi connectivity index (χ0n) is 10.3. The molecule has 5 nitrogen and oxygen atoms in total. The van der Waals surface area contributed by atoms with Crippen molar-refractivity contribution in [3.8, 4) is 5.69 Å². The van der Waals surface area contributed by atoms with Gasteiger partial charge in [-0.2, -0.15) is 5.10 Å². The second-order valence-electron chi connectivity index (χ2n) is 4.39. The average Bonchev–Trinajstić information content (AvgIpc) is 2.78. The fourth-order valence-corrected chi connectivity index (χ4v) is 3.01. The van der Waals surface area contributed by atoms with E-state index in [4.69, 9.17) is 16.3 Å². The predicted molar refractivity (Wildman–Crippen MR) is 76.6 cm³/mol. The summed E-state index contributed by atoms with van der Waals surface area (Å²) < 4.78 is 7.79. The highest BCUT2D eigenvalue weighted by Gasteiger charge is 2.26. The van der Waals surface area contributed by atoms with E-state index < -0.39 is 5.97 Å². The fourth-order valence-electron chi connectivity index (χ4n) is 2.26. The van der Waals surface area contributed by atoms with E-state index in [-0.39, 0.29) is 12.3 Å². The van der Waals surface area contributed by atoms with Crippen molar-refractivity contribution in [1.29, 1.82) is 0 Å². The molecule has 0 unspecified atom stereocenters. The number of rotatable bonds is 2. The molecule has 0 aliphatic carbocycles. The number of aromatic carboxylic acids is 1. The van der Waals surface area contributed by atoms with E-state index in [0.29, 0.717) is 29.3 Å². The minimum absolute atomic E-state index is 0.0266. The first-order valence-corrected chi connectivity index (χ1v) is 7.12. The summed E-state index contributed by atoms with van der Waals surface area (Å²) in [7, 11) is 0. The molecule has 1 aromatic carbocycles. The lowest BCUT2D eigenvalue weighted by Crippen LogP contribution is -2.13. The third-order valence-electron chi connectivity index (χ3n) is 3.16. The number of hydrogen-bond acceptors (Lipinski definition) is 3. The molecule has 1 N–H and O–H groups in total. The molecule has 0 amide bonds. The lowest BCUT2D eigenvalue weighted by Gasteiger charge is -2.15. The largest absolute Gasteiger partial charge is 0.476 e. The number of nitrogens with zero attached hydrogens (tertiary/aromatic N) is 2. The van der Waals surface area contributed by atoms with Crippen molar-refractivity contribution in [3.63, 3.8) is 0 Å². The Morgan fingerprint density at radius 3 is 3.00 bits per heavy atom. The predicted octanol–water partition coefficient (Wildman–Crippen LogP) is 3.06. The SMILES string of the molecule is O=C(O)c1nn(-c2ccc(Br)cc2Cl)c2c1COCC2. The smallest absolute Gasteiger partial charge is 0.356 e. The van der Waals surface area contributed by atoms with Gasteiger partial charge in [-0.3, -0.25) is 0 Å². The van der Waals surface area contributed by atoms with Gasteiger partial charge in [-0.15, -0.1) is 0 Å². The zero-order chi connectivity index (χ0) is 14.3. The van der Waals surface area contributed by atoms with Crippen LogP contribution in [-0.4, -0.2) is 27.5 Å². The molecule has 0 radical (unpaired) electrons. The Morgan fingerprint density at radius 1 is 1.50 bits per heavy atom. The van der Waals surface area contributed by atoms with Gasteiger partial charge in [-0.1, -0.05) is 27.5 Å². The van der Waals surface area contributed by atoms with Crippen molar-refractivity contribution in [2.45, 2.75) is 13.0 Å². The van der Waals surface area contributed by atoms with E-state index in [1.54, 1.807) is 16.8 Å². The van der Waals surface area contributed by atoms with E-state index in [1.807, 2.05) is 6.07 Å². The molecule has 2 heterocycles. The highest BCUT2D eigenvalue weighted by molar-refractivity contribution is 9.10. The number of carboxylic acids is 1. The van der Waals surface area contributed by atoms with Gasteiger partial charge >= 0.3 is 5.97 Å². The number of halogens is 2. The summed E-state index contributed by atoms with van der Waals surface area (Å²) in [4.78, 5) is 11.3. The fraction of sp³-hybridized carbons (Fsp3) is 0.231. The first-order valence-electron chi connectivity index (χ1n) is 5.95. The summed E-state index contributed by atoms with van der Waals surface area (Å²) >= 11 is 9.57. The summed E-state index contributed by atoms with van der Waals surface area (Å²) in [5.41, 5.74) is 2.17. The maximum atomic E-state index is 11.3. The molecule has 0 saturated heterocycles. The minimum Gasteiger partial charge on any atom is -0.476 e. The highest BCUT2D eigenvalue weighted by Crippen LogP contribution is 2.29. The zero-order valence-corrected chi connectivity index (χ0v) is 12.6. The van der Waals surface area contributed by atoms with E-state index in [9.17, 15) is 9.90 Å². The van der Waals surface area contributed by atoms with Crippen molar-refractivity contribution in [1.82, 2.24) is 9.78 Å². The van der Waals surface area contributed by atoms with Crippen LogP contribution in [0.25, 0.3) is 5.69 Å². The average molecular weight is 358 g/mol. The van der Waals surface area contributed by atoms with Gasteiger partial charge < -0.3 is 9.84 Å². The number of carbonyl (C=O) groups is 1. The third kappa shape index (κ3) is 2.24.